The molecule has 4 aromatic rings. The Morgan fingerprint density at radius 3 is 2.03 bits per heavy atom. The van der Waals surface area contributed by atoms with Crippen molar-refractivity contribution < 1.29 is 4.73 Å². The zero-order valence-corrected chi connectivity index (χ0v) is 19.4. The zero-order chi connectivity index (χ0) is 21.9. The van der Waals surface area contributed by atoms with Crippen molar-refractivity contribution in [3.8, 4) is 0 Å². The fraction of sp³-hybridized carbons (Fsp3) is 0.296. The van der Waals surface area contributed by atoms with Gasteiger partial charge in [-0.25, -0.2) is 0 Å². The van der Waals surface area contributed by atoms with Crippen LogP contribution in [0.1, 0.15) is 12.0 Å². The average Bonchev–Trinajstić information content (AvgIpc) is 2.83. The third kappa shape index (κ3) is 4.33. The molecule has 1 aliphatic heterocycles. The van der Waals surface area contributed by atoms with E-state index < -0.39 is 0 Å². The summed E-state index contributed by atoms with van der Waals surface area (Å²) in [6.45, 7) is 5.81. The summed E-state index contributed by atoms with van der Waals surface area (Å²) in [4.78, 5) is 6.17. The molecule has 1 fully saturated rings. The maximum atomic E-state index is 12.4. The number of piperazine rings is 1. The van der Waals surface area contributed by atoms with Crippen molar-refractivity contribution >= 4 is 33.3 Å². The van der Waals surface area contributed by atoms with Crippen LogP contribution >= 0.6 is 11.8 Å². The van der Waals surface area contributed by atoms with Crippen molar-refractivity contribution in [2.24, 2.45) is 0 Å². The number of benzene rings is 3. The van der Waals surface area contributed by atoms with Gasteiger partial charge < -0.3 is 15.0 Å². The molecule has 0 saturated carbocycles. The Bertz CT molecular complexity index is 1180. The van der Waals surface area contributed by atoms with E-state index in [4.69, 9.17) is 0 Å². The normalized spacial score (nSPS) is 15.5. The summed E-state index contributed by atoms with van der Waals surface area (Å²) in [7, 11) is 2.21. The van der Waals surface area contributed by atoms with Crippen molar-refractivity contribution in [1.29, 1.82) is 0 Å². The Morgan fingerprint density at radius 1 is 0.812 bits per heavy atom. The molecule has 1 aliphatic rings. The quantitative estimate of drug-likeness (QED) is 0.240. The summed E-state index contributed by atoms with van der Waals surface area (Å²) < 4.78 is 0.957. The van der Waals surface area contributed by atoms with Gasteiger partial charge in [0.15, 0.2) is 6.20 Å². The Kier molecular flexibility index (Phi) is 6.30. The summed E-state index contributed by atoms with van der Waals surface area (Å²) in [6.07, 6.45) is 3.79. The van der Waals surface area contributed by atoms with Gasteiger partial charge in [-0.15, -0.1) is 0 Å². The van der Waals surface area contributed by atoms with E-state index >= 15 is 0 Å². The van der Waals surface area contributed by atoms with Crippen LogP contribution in [0.15, 0.2) is 82.8 Å². The third-order valence-corrected chi connectivity index (χ3v) is 7.65. The first-order chi connectivity index (χ1) is 15.7. The predicted octanol–water partition coefficient (Wildman–Crippen LogP) is 4.96. The number of hydrogen-bond donors (Lipinski definition) is 0. The van der Waals surface area contributed by atoms with Crippen LogP contribution in [0.25, 0.3) is 21.5 Å². The van der Waals surface area contributed by atoms with Gasteiger partial charge in [-0.3, -0.25) is 0 Å². The first kappa shape index (κ1) is 21.3. The molecule has 5 rings (SSSR count). The van der Waals surface area contributed by atoms with Crippen molar-refractivity contribution in [3.63, 3.8) is 0 Å². The van der Waals surface area contributed by atoms with Gasteiger partial charge in [-0.05, 0) is 71.4 Å². The van der Waals surface area contributed by atoms with Crippen LogP contribution < -0.4 is 4.73 Å². The Hall–Kier alpha value is -2.60. The molecule has 0 bridgehead atoms. The zero-order valence-electron chi connectivity index (χ0n) is 18.5. The van der Waals surface area contributed by atoms with E-state index in [2.05, 4.69) is 65.4 Å². The van der Waals surface area contributed by atoms with Gasteiger partial charge in [0, 0.05) is 43.2 Å². The van der Waals surface area contributed by atoms with E-state index in [1.54, 1.807) is 24.0 Å². The second-order valence-electron chi connectivity index (χ2n) is 8.61. The van der Waals surface area contributed by atoms with Gasteiger partial charge >= 0.3 is 0 Å². The van der Waals surface area contributed by atoms with Gasteiger partial charge in [-0.2, -0.15) is 4.73 Å². The van der Waals surface area contributed by atoms with Crippen LogP contribution in [0.4, 0.5) is 0 Å². The molecule has 0 unspecified atom stereocenters. The summed E-state index contributed by atoms with van der Waals surface area (Å²) in [5, 5.41) is 18.1. The van der Waals surface area contributed by atoms with Gasteiger partial charge in [0.25, 0.3) is 5.03 Å². The van der Waals surface area contributed by atoms with Crippen molar-refractivity contribution in [2.45, 2.75) is 22.8 Å². The molecule has 2 heterocycles. The monoisotopic (exact) mass is 443 g/mol. The van der Waals surface area contributed by atoms with E-state index in [9.17, 15) is 5.21 Å². The van der Waals surface area contributed by atoms with Crippen LogP contribution in [-0.4, -0.2) is 49.6 Å². The molecule has 32 heavy (non-hydrogen) atoms. The number of pyridine rings is 1. The Balaban J connectivity index is 1.52. The number of rotatable bonds is 6. The second-order valence-corrected chi connectivity index (χ2v) is 9.64. The second kappa shape index (κ2) is 9.49. The maximum absolute atomic E-state index is 12.4. The lowest BCUT2D eigenvalue weighted by atomic mass is 9.93. The number of aromatic nitrogens is 1. The molecule has 0 N–H and O–H groups in total. The Morgan fingerprint density at radius 2 is 1.41 bits per heavy atom. The predicted molar refractivity (Wildman–Crippen MR) is 133 cm³/mol. The molecule has 5 heteroatoms. The summed E-state index contributed by atoms with van der Waals surface area (Å²) in [6, 6.07) is 22.9. The molecule has 0 aliphatic carbocycles. The van der Waals surface area contributed by atoms with E-state index in [-0.39, 0.29) is 0 Å². The van der Waals surface area contributed by atoms with E-state index in [0.717, 1.165) is 42.1 Å². The highest BCUT2D eigenvalue weighted by Gasteiger charge is 2.18. The molecule has 164 valence electrons. The van der Waals surface area contributed by atoms with E-state index in [1.165, 1.54) is 40.2 Å². The standard InChI is InChI=1S/C27H29N3OS/c1-28-17-19-29(20-18-28)15-8-13-21-22-9-2-4-11-24(22)27(25-12-5-3-10-23(21)25)32-26-14-6-7-16-30(26)31/h2-7,9-12,14,16H,8,13,15,17-20H2,1H3. The molecule has 0 amide bonds. The molecular weight excluding hydrogens is 414 g/mol. The maximum Gasteiger partial charge on any atom is 0.256 e. The summed E-state index contributed by atoms with van der Waals surface area (Å²) in [5.74, 6) is 0. The topological polar surface area (TPSA) is 33.4 Å². The number of aryl methyl sites for hydroxylation is 1. The fourth-order valence-corrected chi connectivity index (χ4v) is 5.79. The SMILES string of the molecule is CN1CCN(CCCc2c3ccccc3c(Sc3cccc[n+]3[O-])c3ccccc23)CC1. The smallest absolute Gasteiger partial charge is 0.256 e. The van der Waals surface area contributed by atoms with E-state index in [1.807, 2.05) is 12.1 Å². The molecule has 3 aromatic carbocycles. The fourth-order valence-electron chi connectivity index (χ4n) is 4.71. The number of nitrogens with zero attached hydrogens (tertiary/aromatic N) is 3. The van der Waals surface area contributed by atoms with Crippen molar-refractivity contribution in [3.05, 3.63) is 83.7 Å². The highest BCUT2D eigenvalue weighted by Crippen LogP contribution is 2.41. The minimum Gasteiger partial charge on any atom is -0.618 e. The average molecular weight is 444 g/mol. The van der Waals surface area contributed by atoms with Crippen LogP contribution in [0.2, 0.25) is 0 Å². The van der Waals surface area contributed by atoms with Gasteiger partial charge in [0.1, 0.15) is 0 Å². The molecule has 1 aromatic heterocycles. The number of likely N-dealkylation sites (N-methyl/N-ethyl adjacent to an activating group) is 1. The van der Waals surface area contributed by atoms with Crippen LogP contribution in [0, 0.1) is 5.21 Å². The molecule has 4 nitrogen and oxygen atoms in total. The van der Waals surface area contributed by atoms with Crippen molar-refractivity contribution in [1.82, 2.24) is 9.80 Å². The highest BCUT2D eigenvalue weighted by atomic mass is 32.2. The van der Waals surface area contributed by atoms with Crippen LogP contribution in [0.3, 0.4) is 0 Å². The Labute approximate surface area is 194 Å². The summed E-state index contributed by atoms with van der Waals surface area (Å²) >= 11 is 1.57. The minimum atomic E-state index is 0.700. The first-order valence-corrected chi connectivity index (χ1v) is 12.2. The minimum absolute atomic E-state index is 0.700. The number of fused-ring (bicyclic) bond motifs is 2. The van der Waals surface area contributed by atoms with Gasteiger partial charge in [-0.1, -0.05) is 48.5 Å². The van der Waals surface area contributed by atoms with E-state index in [0.29, 0.717) is 5.03 Å². The number of hydrogen-bond acceptors (Lipinski definition) is 4. The van der Waals surface area contributed by atoms with Gasteiger partial charge in [0.2, 0.25) is 0 Å². The van der Waals surface area contributed by atoms with Crippen LogP contribution in [-0.2, 0) is 6.42 Å². The lowest BCUT2D eigenvalue weighted by Gasteiger charge is -2.32. The molecule has 0 atom stereocenters. The summed E-state index contributed by atoms with van der Waals surface area (Å²) in [5.41, 5.74) is 1.43. The first-order valence-electron chi connectivity index (χ1n) is 11.4. The molecule has 1 saturated heterocycles. The van der Waals surface area contributed by atoms with Gasteiger partial charge in [0.05, 0.1) is 0 Å². The largest absolute Gasteiger partial charge is 0.618 e. The lowest BCUT2D eigenvalue weighted by molar-refractivity contribution is -0.645. The highest BCUT2D eigenvalue weighted by molar-refractivity contribution is 7.99. The third-order valence-electron chi connectivity index (χ3n) is 6.49. The van der Waals surface area contributed by atoms with Crippen LogP contribution in [0.5, 0.6) is 0 Å². The molecule has 0 spiro atoms. The lowest BCUT2D eigenvalue weighted by Crippen LogP contribution is -2.44. The molecular formula is C27H29N3OS. The molecule has 0 radical (unpaired) electrons. The van der Waals surface area contributed by atoms with Crippen molar-refractivity contribution in [2.75, 3.05) is 39.8 Å².